The van der Waals surface area contributed by atoms with Crippen LogP contribution in [-0.2, 0) is 9.53 Å². The summed E-state index contributed by atoms with van der Waals surface area (Å²) < 4.78 is 6.02. The van der Waals surface area contributed by atoms with E-state index >= 15 is 0 Å². The normalized spacial score (nSPS) is 39.2. The molecule has 208 valence electrons. The maximum absolute atomic E-state index is 12.9. The summed E-state index contributed by atoms with van der Waals surface area (Å²) in [4.78, 5) is 13.9. The third kappa shape index (κ3) is 5.06. The van der Waals surface area contributed by atoms with Crippen LogP contribution in [0.3, 0.4) is 0 Å². The summed E-state index contributed by atoms with van der Waals surface area (Å²) in [6.07, 6.45) is 21.8. The standard InChI is InChI=1S/C34H48O2S2/c1-21(2)8-6-9-22(3)27-14-15-28-25-13-12-23-20-24(36-32(35)26-10-7-11-30(37)31(26)38)16-18-33(23,4)29(25)17-19-34(27,28)5/h7,10-12,21-22,24-25,27-29H,6,8-9,13-20H2,1-5H3/t22-,24+,25+,27-,28+,29+,33+,34-/m1/s1. The van der Waals surface area contributed by atoms with Gasteiger partial charge in [0.25, 0.3) is 0 Å². The second kappa shape index (κ2) is 11.0. The number of carbonyl (C=O) groups excluding carboxylic acids is 1. The molecular weight excluding hydrogens is 505 g/mol. The molecule has 0 aromatic heterocycles. The fourth-order valence-electron chi connectivity index (χ4n) is 9.64. The van der Waals surface area contributed by atoms with E-state index in [0.717, 1.165) is 54.8 Å². The molecule has 0 aromatic rings. The molecule has 0 bridgehead atoms. The smallest absolute Gasteiger partial charge is 0.339 e. The topological polar surface area (TPSA) is 26.3 Å². The number of esters is 1. The zero-order valence-corrected chi connectivity index (χ0v) is 25.9. The molecule has 2 nitrogen and oxygen atoms in total. The maximum atomic E-state index is 12.9. The third-order valence-electron chi connectivity index (χ3n) is 11.7. The van der Waals surface area contributed by atoms with Crippen LogP contribution < -0.4 is 0 Å². The van der Waals surface area contributed by atoms with Gasteiger partial charge in [-0.3, -0.25) is 0 Å². The van der Waals surface area contributed by atoms with E-state index in [1.165, 1.54) is 51.4 Å². The lowest BCUT2D eigenvalue weighted by Gasteiger charge is -2.58. The average molecular weight is 553 g/mol. The van der Waals surface area contributed by atoms with Crippen LogP contribution in [-0.4, -0.2) is 21.8 Å². The molecule has 5 aliphatic carbocycles. The Hall–Kier alpha value is -1.13. The number of hydrogen-bond donors (Lipinski definition) is 0. The number of fused-ring (bicyclic) bond motifs is 5. The molecule has 3 saturated carbocycles. The van der Waals surface area contributed by atoms with Crippen molar-refractivity contribution in [2.24, 2.45) is 46.3 Å². The molecule has 0 N–H and O–H groups in total. The molecule has 5 aliphatic rings. The van der Waals surface area contributed by atoms with E-state index in [4.69, 9.17) is 29.2 Å². The fourth-order valence-corrected chi connectivity index (χ4v) is 10.1. The number of carbonyl (C=O) groups is 1. The summed E-state index contributed by atoms with van der Waals surface area (Å²) in [7, 11) is 0. The summed E-state index contributed by atoms with van der Waals surface area (Å²) in [5.74, 6) is 4.75. The third-order valence-corrected chi connectivity index (χ3v) is 12.6. The van der Waals surface area contributed by atoms with E-state index in [1.807, 2.05) is 0 Å². The molecule has 0 heterocycles. The lowest BCUT2D eigenvalue weighted by atomic mass is 9.47. The van der Waals surface area contributed by atoms with Gasteiger partial charge < -0.3 is 4.74 Å². The summed E-state index contributed by atoms with van der Waals surface area (Å²) in [5, 5.41) is 0. The zero-order chi connectivity index (χ0) is 27.2. The highest BCUT2D eigenvalue weighted by molar-refractivity contribution is 7.90. The first-order valence-electron chi connectivity index (χ1n) is 15.4. The second-order valence-electron chi connectivity index (χ2n) is 14.2. The minimum atomic E-state index is -0.308. The predicted molar refractivity (Wildman–Crippen MR) is 165 cm³/mol. The van der Waals surface area contributed by atoms with Crippen molar-refractivity contribution in [1.82, 2.24) is 0 Å². The Balaban J connectivity index is 1.25. The Kier molecular flexibility index (Phi) is 8.25. The van der Waals surface area contributed by atoms with Gasteiger partial charge in [-0.2, -0.15) is 0 Å². The summed E-state index contributed by atoms with van der Waals surface area (Å²) in [6, 6.07) is 0. The van der Waals surface area contributed by atoms with Gasteiger partial charge in [0.15, 0.2) is 0 Å². The first kappa shape index (κ1) is 28.4. The second-order valence-corrected chi connectivity index (χ2v) is 15.0. The molecular formula is C34H48O2S2. The van der Waals surface area contributed by atoms with Crippen LogP contribution in [0.2, 0.25) is 0 Å². The van der Waals surface area contributed by atoms with E-state index in [9.17, 15) is 4.79 Å². The van der Waals surface area contributed by atoms with Gasteiger partial charge in [0, 0.05) is 6.42 Å². The summed E-state index contributed by atoms with van der Waals surface area (Å²) >= 11 is 10.7. The van der Waals surface area contributed by atoms with Crippen molar-refractivity contribution in [2.75, 3.05) is 0 Å². The zero-order valence-electron chi connectivity index (χ0n) is 24.3. The molecule has 0 aromatic carbocycles. The first-order chi connectivity index (χ1) is 18.0. The van der Waals surface area contributed by atoms with Gasteiger partial charge in [0.05, 0.1) is 15.3 Å². The SMILES string of the molecule is CC(C)CCC[C@@H](C)[C@H]1CC[C@H]2[C@@H]3CC=C4C[C@@H](OC(=O)C5=CC=CC(=S)C5=S)CC[C@]4(C)[C@H]3CC[C@]12C. The molecule has 38 heavy (non-hydrogen) atoms. The van der Waals surface area contributed by atoms with Crippen LogP contribution in [0.25, 0.3) is 0 Å². The number of ether oxygens (including phenoxy) is 1. The van der Waals surface area contributed by atoms with Crippen molar-refractivity contribution in [1.29, 1.82) is 0 Å². The molecule has 4 heteroatoms. The van der Waals surface area contributed by atoms with Crippen LogP contribution in [0.4, 0.5) is 0 Å². The number of thiocarbonyl (C=S) groups is 2. The molecule has 0 amide bonds. The van der Waals surface area contributed by atoms with E-state index in [-0.39, 0.29) is 17.5 Å². The van der Waals surface area contributed by atoms with Crippen LogP contribution in [0, 0.1) is 46.3 Å². The minimum Gasteiger partial charge on any atom is -0.458 e. The van der Waals surface area contributed by atoms with E-state index in [2.05, 4.69) is 40.7 Å². The van der Waals surface area contributed by atoms with Crippen LogP contribution in [0.5, 0.6) is 0 Å². The van der Waals surface area contributed by atoms with Crippen molar-refractivity contribution in [2.45, 2.75) is 111 Å². The van der Waals surface area contributed by atoms with Crippen molar-refractivity contribution in [3.63, 3.8) is 0 Å². The minimum absolute atomic E-state index is 0.0574. The summed E-state index contributed by atoms with van der Waals surface area (Å²) in [6.45, 7) is 12.5. The van der Waals surface area contributed by atoms with Gasteiger partial charge in [-0.15, -0.1) is 0 Å². The van der Waals surface area contributed by atoms with E-state index < -0.39 is 0 Å². The lowest BCUT2D eigenvalue weighted by molar-refractivity contribution is -0.146. The summed E-state index contributed by atoms with van der Waals surface area (Å²) in [5.41, 5.74) is 2.78. The van der Waals surface area contributed by atoms with Crippen LogP contribution in [0.1, 0.15) is 105 Å². The fraction of sp³-hybridized carbons (Fsp3) is 0.735. The van der Waals surface area contributed by atoms with Crippen molar-refractivity contribution >= 4 is 40.1 Å². The first-order valence-corrected chi connectivity index (χ1v) is 16.2. The largest absolute Gasteiger partial charge is 0.458 e. The Labute approximate surface area is 242 Å². The Morgan fingerprint density at radius 3 is 2.61 bits per heavy atom. The molecule has 8 atom stereocenters. The lowest BCUT2D eigenvalue weighted by Crippen LogP contribution is -2.51. The van der Waals surface area contributed by atoms with Crippen molar-refractivity contribution < 1.29 is 9.53 Å². The maximum Gasteiger partial charge on any atom is 0.339 e. The Bertz CT molecular complexity index is 1070. The van der Waals surface area contributed by atoms with Gasteiger partial charge in [0.1, 0.15) is 6.10 Å². The van der Waals surface area contributed by atoms with Crippen LogP contribution >= 0.6 is 24.4 Å². The van der Waals surface area contributed by atoms with E-state index in [1.54, 1.807) is 23.8 Å². The Morgan fingerprint density at radius 1 is 1.05 bits per heavy atom. The molecule has 5 rings (SSSR count). The average Bonchev–Trinajstić information content (AvgIpc) is 3.23. The quantitative estimate of drug-likeness (QED) is 0.179. The van der Waals surface area contributed by atoms with Crippen LogP contribution in [0.15, 0.2) is 35.5 Å². The van der Waals surface area contributed by atoms with E-state index in [0.29, 0.717) is 20.7 Å². The van der Waals surface area contributed by atoms with Crippen molar-refractivity contribution in [3.8, 4) is 0 Å². The Morgan fingerprint density at radius 2 is 1.84 bits per heavy atom. The molecule has 0 spiro atoms. The number of rotatable bonds is 7. The highest BCUT2D eigenvalue weighted by atomic mass is 32.1. The van der Waals surface area contributed by atoms with Crippen molar-refractivity contribution in [3.05, 3.63) is 35.5 Å². The van der Waals surface area contributed by atoms with Gasteiger partial charge >= 0.3 is 5.97 Å². The molecule has 0 radical (unpaired) electrons. The monoisotopic (exact) mass is 552 g/mol. The predicted octanol–water partition coefficient (Wildman–Crippen LogP) is 9.18. The molecule has 0 aliphatic heterocycles. The van der Waals surface area contributed by atoms with Gasteiger partial charge in [-0.05, 0) is 103 Å². The van der Waals surface area contributed by atoms with Gasteiger partial charge in [-0.25, -0.2) is 4.79 Å². The molecule has 0 unspecified atom stereocenters. The molecule has 0 saturated heterocycles. The highest BCUT2D eigenvalue weighted by Crippen LogP contribution is 2.67. The molecule has 3 fully saturated rings. The number of hydrogen-bond acceptors (Lipinski definition) is 4. The van der Waals surface area contributed by atoms with Gasteiger partial charge in [-0.1, -0.05) is 96.0 Å². The number of allylic oxidation sites excluding steroid dienone is 4. The highest BCUT2D eigenvalue weighted by Gasteiger charge is 2.59. The van der Waals surface area contributed by atoms with Gasteiger partial charge in [0.2, 0.25) is 0 Å².